The molecular formula is C28H36N2S2. The lowest BCUT2D eigenvalue weighted by atomic mass is 9.83. The van der Waals surface area contributed by atoms with Crippen LogP contribution in [0.5, 0.6) is 0 Å². The summed E-state index contributed by atoms with van der Waals surface area (Å²) in [4.78, 5) is 0. The maximum atomic E-state index is 3.50. The van der Waals surface area contributed by atoms with E-state index in [-0.39, 0.29) is 0 Å². The molecule has 0 unspecified atom stereocenters. The molecule has 3 rings (SSSR count). The fraction of sp³-hybridized carbons (Fsp3) is 0.357. The van der Waals surface area contributed by atoms with Crippen molar-refractivity contribution in [3.8, 4) is 22.3 Å². The van der Waals surface area contributed by atoms with Crippen molar-refractivity contribution in [2.24, 2.45) is 0 Å². The highest BCUT2D eigenvalue weighted by Crippen LogP contribution is 2.39. The summed E-state index contributed by atoms with van der Waals surface area (Å²) in [6.07, 6.45) is 4.28. The van der Waals surface area contributed by atoms with Gasteiger partial charge in [0, 0.05) is 36.0 Å². The van der Waals surface area contributed by atoms with Crippen LogP contribution in [0.15, 0.2) is 48.5 Å². The largest absolute Gasteiger partial charge is 0.384 e. The predicted octanol–water partition coefficient (Wildman–Crippen LogP) is 7.80. The van der Waals surface area contributed by atoms with Crippen molar-refractivity contribution in [2.75, 3.05) is 47.7 Å². The number of hydrogen-bond acceptors (Lipinski definition) is 4. The van der Waals surface area contributed by atoms with Crippen molar-refractivity contribution >= 4 is 34.9 Å². The molecule has 3 aromatic carbocycles. The van der Waals surface area contributed by atoms with Crippen LogP contribution in [-0.4, -0.2) is 37.1 Å². The van der Waals surface area contributed by atoms with Crippen LogP contribution in [0.2, 0.25) is 0 Å². The molecule has 0 aliphatic heterocycles. The Labute approximate surface area is 203 Å². The SMILES string of the molecule is CSCCNc1ccc(-c2c(C)c(C)c(-c3ccc(NCCSC)cc3)c(C)c2C)cc1. The van der Waals surface area contributed by atoms with Crippen molar-refractivity contribution in [1.82, 2.24) is 0 Å². The van der Waals surface area contributed by atoms with Gasteiger partial charge < -0.3 is 10.6 Å². The first-order valence-corrected chi connectivity index (χ1v) is 14.0. The molecule has 0 aromatic heterocycles. The van der Waals surface area contributed by atoms with Gasteiger partial charge in [-0.1, -0.05) is 24.3 Å². The van der Waals surface area contributed by atoms with E-state index < -0.39 is 0 Å². The minimum atomic E-state index is 0.997. The summed E-state index contributed by atoms with van der Waals surface area (Å²) in [5, 5.41) is 7.00. The molecule has 0 saturated heterocycles. The van der Waals surface area contributed by atoms with Gasteiger partial charge in [0.25, 0.3) is 0 Å². The Kier molecular flexibility index (Phi) is 9.01. The summed E-state index contributed by atoms with van der Waals surface area (Å²) in [7, 11) is 0. The van der Waals surface area contributed by atoms with Gasteiger partial charge in [0.1, 0.15) is 0 Å². The molecule has 0 amide bonds. The third kappa shape index (κ3) is 5.65. The van der Waals surface area contributed by atoms with Gasteiger partial charge >= 0.3 is 0 Å². The van der Waals surface area contributed by atoms with Gasteiger partial charge in [-0.25, -0.2) is 0 Å². The first kappa shape index (κ1) is 24.6. The van der Waals surface area contributed by atoms with E-state index in [1.807, 2.05) is 23.5 Å². The zero-order chi connectivity index (χ0) is 23.1. The van der Waals surface area contributed by atoms with Crippen molar-refractivity contribution in [1.29, 1.82) is 0 Å². The van der Waals surface area contributed by atoms with Crippen molar-refractivity contribution in [3.63, 3.8) is 0 Å². The lowest BCUT2D eigenvalue weighted by Gasteiger charge is -2.21. The van der Waals surface area contributed by atoms with Crippen LogP contribution in [0.25, 0.3) is 22.3 Å². The summed E-state index contributed by atoms with van der Waals surface area (Å²) in [5.41, 5.74) is 13.2. The molecule has 0 saturated carbocycles. The molecule has 0 atom stereocenters. The van der Waals surface area contributed by atoms with Crippen molar-refractivity contribution < 1.29 is 0 Å². The number of benzene rings is 3. The molecule has 0 fully saturated rings. The van der Waals surface area contributed by atoms with Crippen LogP contribution >= 0.6 is 23.5 Å². The molecular weight excluding hydrogens is 428 g/mol. The van der Waals surface area contributed by atoms with E-state index in [2.05, 4.69) is 99.4 Å². The standard InChI is InChI=1S/C28H36N2S2/c1-19-20(2)28(24-9-13-26(14-10-24)30-16-18-32-6)22(4)21(3)27(19)23-7-11-25(12-8-23)29-15-17-31-5/h7-14,29-30H,15-18H2,1-6H3. The molecule has 170 valence electrons. The highest BCUT2D eigenvalue weighted by Gasteiger charge is 2.17. The van der Waals surface area contributed by atoms with E-state index in [9.17, 15) is 0 Å². The number of nitrogens with one attached hydrogen (secondary N) is 2. The van der Waals surface area contributed by atoms with Crippen LogP contribution in [0.3, 0.4) is 0 Å². The van der Waals surface area contributed by atoms with E-state index in [4.69, 9.17) is 0 Å². The molecule has 0 aliphatic carbocycles. The third-order valence-electron chi connectivity index (χ3n) is 6.24. The summed E-state index contributed by atoms with van der Waals surface area (Å²) >= 11 is 3.73. The number of thioether (sulfide) groups is 2. The lowest BCUT2D eigenvalue weighted by Crippen LogP contribution is -2.04. The molecule has 2 nitrogen and oxygen atoms in total. The summed E-state index contributed by atoms with van der Waals surface area (Å²) in [6.45, 7) is 11.1. The predicted molar refractivity (Wildman–Crippen MR) is 150 cm³/mol. The zero-order valence-electron chi connectivity index (χ0n) is 20.3. The van der Waals surface area contributed by atoms with E-state index in [1.165, 1.54) is 55.9 Å². The Bertz CT molecular complexity index is 911. The van der Waals surface area contributed by atoms with Crippen LogP contribution in [0, 0.1) is 27.7 Å². The van der Waals surface area contributed by atoms with Crippen LogP contribution < -0.4 is 10.6 Å². The molecule has 32 heavy (non-hydrogen) atoms. The average molecular weight is 465 g/mol. The zero-order valence-corrected chi connectivity index (χ0v) is 21.9. The maximum absolute atomic E-state index is 3.50. The number of hydrogen-bond donors (Lipinski definition) is 2. The Morgan fingerprint density at radius 3 is 1.12 bits per heavy atom. The molecule has 3 aromatic rings. The second-order valence-electron chi connectivity index (χ2n) is 8.24. The van der Waals surface area contributed by atoms with E-state index >= 15 is 0 Å². The highest BCUT2D eigenvalue weighted by atomic mass is 32.2. The third-order valence-corrected chi connectivity index (χ3v) is 7.47. The molecule has 0 heterocycles. The maximum Gasteiger partial charge on any atom is 0.0340 e. The molecule has 0 bridgehead atoms. The van der Waals surface area contributed by atoms with E-state index in [0.29, 0.717) is 0 Å². The van der Waals surface area contributed by atoms with Gasteiger partial charge in [0.15, 0.2) is 0 Å². The van der Waals surface area contributed by atoms with E-state index in [0.717, 1.165) is 24.6 Å². The Balaban J connectivity index is 1.91. The van der Waals surface area contributed by atoms with Crippen LogP contribution in [0.1, 0.15) is 22.3 Å². The minimum Gasteiger partial charge on any atom is -0.384 e. The van der Waals surface area contributed by atoms with Gasteiger partial charge in [-0.2, -0.15) is 23.5 Å². The fourth-order valence-electron chi connectivity index (χ4n) is 4.28. The number of rotatable bonds is 10. The summed E-state index contributed by atoms with van der Waals surface area (Å²) in [6, 6.07) is 17.8. The summed E-state index contributed by atoms with van der Waals surface area (Å²) in [5.74, 6) is 2.24. The van der Waals surface area contributed by atoms with Gasteiger partial charge in [0.05, 0.1) is 0 Å². The average Bonchev–Trinajstić information content (AvgIpc) is 2.80. The highest BCUT2D eigenvalue weighted by molar-refractivity contribution is 7.98. The Morgan fingerprint density at radius 1 is 0.531 bits per heavy atom. The molecule has 0 spiro atoms. The van der Waals surface area contributed by atoms with Gasteiger partial charge in [-0.05, 0) is 109 Å². The van der Waals surface area contributed by atoms with Crippen molar-refractivity contribution in [2.45, 2.75) is 27.7 Å². The monoisotopic (exact) mass is 464 g/mol. The molecule has 0 radical (unpaired) electrons. The Hall–Kier alpha value is -2.04. The topological polar surface area (TPSA) is 24.1 Å². The van der Waals surface area contributed by atoms with Gasteiger partial charge in [-0.3, -0.25) is 0 Å². The summed E-state index contributed by atoms with van der Waals surface area (Å²) < 4.78 is 0. The van der Waals surface area contributed by atoms with Gasteiger partial charge in [-0.15, -0.1) is 0 Å². The number of anilines is 2. The smallest absolute Gasteiger partial charge is 0.0340 e. The molecule has 2 N–H and O–H groups in total. The molecule has 0 aliphatic rings. The normalized spacial score (nSPS) is 10.9. The van der Waals surface area contributed by atoms with E-state index in [1.54, 1.807) is 0 Å². The van der Waals surface area contributed by atoms with Crippen molar-refractivity contribution in [3.05, 3.63) is 70.8 Å². The minimum absolute atomic E-state index is 0.997. The van der Waals surface area contributed by atoms with Crippen LogP contribution in [0.4, 0.5) is 11.4 Å². The second kappa shape index (κ2) is 11.7. The quantitative estimate of drug-likeness (QED) is 0.299. The molecule has 4 heteroatoms. The lowest BCUT2D eigenvalue weighted by molar-refractivity contribution is 1.22. The van der Waals surface area contributed by atoms with Crippen LogP contribution in [-0.2, 0) is 0 Å². The Morgan fingerprint density at radius 2 is 0.844 bits per heavy atom. The second-order valence-corrected chi connectivity index (χ2v) is 10.2. The first-order valence-electron chi connectivity index (χ1n) is 11.2. The van der Waals surface area contributed by atoms with Gasteiger partial charge in [0.2, 0.25) is 0 Å². The fourth-order valence-corrected chi connectivity index (χ4v) is 4.90. The first-order chi connectivity index (χ1) is 15.5.